The highest BCUT2D eigenvalue weighted by molar-refractivity contribution is 6.21. The van der Waals surface area contributed by atoms with Crippen molar-refractivity contribution in [1.29, 1.82) is 0 Å². The number of unbranched alkanes of at least 4 members (excludes halogenated alkanes) is 1. The lowest BCUT2D eigenvalue weighted by Crippen LogP contribution is -2.20. The second-order valence-corrected chi connectivity index (χ2v) is 7.48. The van der Waals surface area contributed by atoms with Gasteiger partial charge in [-0.05, 0) is 61.4 Å². The molecule has 0 heterocycles. The van der Waals surface area contributed by atoms with Gasteiger partial charge in [-0.2, -0.15) is 0 Å². The summed E-state index contributed by atoms with van der Waals surface area (Å²) in [5.74, 6) is 1.38. The summed E-state index contributed by atoms with van der Waals surface area (Å²) >= 11 is 6.50. The number of allylic oxidation sites excluding steroid dienone is 1. The molecule has 0 radical (unpaired) electrons. The molecule has 1 aromatic carbocycles. The maximum atomic E-state index is 6.50. The van der Waals surface area contributed by atoms with Crippen LogP contribution in [0.2, 0.25) is 0 Å². The van der Waals surface area contributed by atoms with Gasteiger partial charge in [0.1, 0.15) is 5.75 Å². The van der Waals surface area contributed by atoms with E-state index in [9.17, 15) is 0 Å². The number of methoxy groups -OCH3 is 1. The summed E-state index contributed by atoms with van der Waals surface area (Å²) in [6.45, 7) is 8.32. The third-order valence-corrected chi connectivity index (χ3v) is 5.22. The number of halogens is 1. The fourth-order valence-electron chi connectivity index (χ4n) is 3.49. The largest absolute Gasteiger partial charge is 0.497 e. The van der Waals surface area contributed by atoms with Gasteiger partial charge in [-0.15, -0.1) is 11.6 Å². The van der Waals surface area contributed by atoms with Gasteiger partial charge in [0.25, 0.3) is 0 Å². The Morgan fingerprint density at radius 1 is 1.36 bits per heavy atom. The van der Waals surface area contributed by atoms with Crippen molar-refractivity contribution in [2.45, 2.75) is 57.4 Å². The van der Waals surface area contributed by atoms with E-state index in [0.717, 1.165) is 29.7 Å². The fraction of sp³-hybridized carbons (Fsp3) is 0.500. The molecule has 1 aliphatic rings. The number of rotatable bonds is 7. The summed E-state index contributed by atoms with van der Waals surface area (Å²) in [4.78, 5) is 4.98. The molecule has 2 rings (SSSR count). The van der Waals surface area contributed by atoms with Gasteiger partial charge in [0.05, 0.1) is 18.5 Å². The van der Waals surface area contributed by atoms with Crippen molar-refractivity contribution in [3.8, 4) is 5.75 Å². The van der Waals surface area contributed by atoms with Crippen molar-refractivity contribution in [1.82, 2.24) is 0 Å². The highest BCUT2D eigenvalue weighted by Crippen LogP contribution is 2.32. The van der Waals surface area contributed by atoms with Crippen LogP contribution in [0.1, 0.15) is 57.1 Å². The molecule has 0 amide bonds. The maximum Gasteiger partial charge on any atom is 0.119 e. The summed E-state index contributed by atoms with van der Waals surface area (Å²) in [5, 5.41) is 0.131. The first-order valence-corrected chi connectivity index (χ1v) is 9.66. The second-order valence-electron chi connectivity index (χ2n) is 6.92. The smallest absolute Gasteiger partial charge is 0.119 e. The second kappa shape index (κ2) is 9.82. The van der Waals surface area contributed by atoms with Gasteiger partial charge in [0.15, 0.2) is 0 Å². The minimum Gasteiger partial charge on any atom is -0.497 e. The molecule has 0 saturated carbocycles. The van der Waals surface area contributed by atoms with Crippen LogP contribution >= 0.6 is 11.6 Å². The van der Waals surface area contributed by atoms with Crippen molar-refractivity contribution in [2.75, 3.05) is 7.11 Å². The Balaban J connectivity index is 2.23. The average Bonchev–Trinajstić information content (AvgIpc) is 2.75. The van der Waals surface area contributed by atoms with Crippen LogP contribution in [0.4, 0.5) is 0 Å². The first-order chi connectivity index (χ1) is 12.1. The summed E-state index contributed by atoms with van der Waals surface area (Å²) < 4.78 is 5.30. The predicted molar refractivity (Wildman–Crippen MR) is 110 cm³/mol. The Morgan fingerprint density at radius 2 is 2.16 bits per heavy atom. The number of hydrogen-bond donors (Lipinski definition) is 0. The van der Waals surface area contributed by atoms with Gasteiger partial charge >= 0.3 is 0 Å². The molecule has 0 N–H and O–H groups in total. The van der Waals surface area contributed by atoms with E-state index in [1.807, 2.05) is 30.5 Å². The standard InChI is InChI=1S/C22H30ClNO/c1-5-7-8-18-13-20(23)11-16(3)12-22(18)24-15-19-9-10-21(25-4)14-17(19)6-2/h6,9-11,14-15,18,20,22H,2,5,7-8,12-13H2,1,3-4H3. The molecule has 1 aliphatic carbocycles. The number of benzene rings is 1. The normalized spacial score (nSPS) is 24.0. The molecule has 25 heavy (non-hydrogen) atoms. The molecule has 0 aromatic heterocycles. The zero-order valence-corrected chi connectivity index (χ0v) is 16.4. The van der Waals surface area contributed by atoms with Crippen molar-refractivity contribution in [2.24, 2.45) is 10.9 Å². The number of aliphatic imine (C=N–C) groups is 1. The van der Waals surface area contributed by atoms with Crippen LogP contribution in [0.5, 0.6) is 5.75 Å². The maximum absolute atomic E-state index is 6.50. The molecule has 136 valence electrons. The quantitative estimate of drug-likeness (QED) is 0.319. The zero-order chi connectivity index (χ0) is 18.2. The van der Waals surface area contributed by atoms with Crippen LogP contribution in [0.25, 0.3) is 6.08 Å². The third kappa shape index (κ3) is 5.74. The Hall–Kier alpha value is -1.54. The van der Waals surface area contributed by atoms with E-state index in [-0.39, 0.29) is 5.38 Å². The van der Waals surface area contributed by atoms with E-state index in [2.05, 4.69) is 26.5 Å². The molecule has 3 unspecified atom stereocenters. The Kier molecular flexibility index (Phi) is 7.77. The molecule has 0 saturated heterocycles. The summed E-state index contributed by atoms with van der Waals surface area (Å²) in [5.41, 5.74) is 3.47. The van der Waals surface area contributed by atoms with Crippen molar-refractivity contribution in [3.05, 3.63) is 47.6 Å². The number of hydrogen-bond acceptors (Lipinski definition) is 2. The molecular weight excluding hydrogens is 330 g/mol. The first kappa shape index (κ1) is 19.8. The van der Waals surface area contributed by atoms with Gasteiger partial charge in [-0.25, -0.2) is 0 Å². The van der Waals surface area contributed by atoms with E-state index >= 15 is 0 Å². The minimum absolute atomic E-state index is 0.131. The lowest BCUT2D eigenvalue weighted by molar-refractivity contribution is 0.370. The van der Waals surface area contributed by atoms with Crippen molar-refractivity contribution >= 4 is 23.9 Å². The summed E-state index contributed by atoms with van der Waals surface area (Å²) in [6, 6.07) is 6.31. The van der Waals surface area contributed by atoms with Crippen molar-refractivity contribution in [3.63, 3.8) is 0 Å². The Morgan fingerprint density at radius 3 is 2.84 bits per heavy atom. The van der Waals surface area contributed by atoms with Gasteiger partial charge < -0.3 is 4.74 Å². The van der Waals surface area contributed by atoms with Gasteiger partial charge in [-0.3, -0.25) is 4.99 Å². The van der Waals surface area contributed by atoms with E-state index < -0.39 is 0 Å². The van der Waals surface area contributed by atoms with E-state index in [1.54, 1.807) is 7.11 Å². The molecule has 2 nitrogen and oxygen atoms in total. The average molecular weight is 360 g/mol. The monoisotopic (exact) mass is 359 g/mol. The molecule has 1 aromatic rings. The SMILES string of the molecule is C=Cc1cc(OC)ccc1C=NC1CC(C)=CC(Cl)CC1CCCC. The van der Waals surface area contributed by atoms with Crippen LogP contribution in [0.15, 0.2) is 41.4 Å². The highest BCUT2D eigenvalue weighted by Gasteiger charge is 2.26. The zero-order valence-electron chi connectivity index (χ0n) is 15.7. The van der Waals surface area contributed by atoms with Crippen LogP contribution in [0.3, 0.4) is 0 Å². The third-order valence-electron chi connectivity index (χ3n) is 4.92. The fourth-order valence-corrected chi connectivity index (χ4v) is 3.93. The minimum atomic E-state index is 0.131. The number of alkyl halides is 1. The highest BCUT2D eigenvalue weighted by atomic mass is 35.5. The molecule has 0 bridgehead atoms. The van der Waals surface area contributed by atoms with Gasteiger partial charge in [0, 0.05) is 6.21 Å². The topological polar surface area (TPSA) is 21.6 Å². The van der Waals surface area contributed by atoms with Gasteiger partial charge in [-0.1, -0.05) is 44.1 Å². The molecule has 0 aliphatic heterocycles. The lowest BCUT2D eigenvalue weighted by Gasteiger charge is -2.23. The Bertz CT molecular complexity index is 635. The van der Waals surface area contributed by atoms with E-state index in [4.69, 9.17) is 21.3 Å². The number of ether oxygens (including phenoxy) is 1. The van der Waals surface area contributed by atoms with E-state index in [1.165, 1.54) is 24.8 Å². The van der Waals surface area contributed by atoms with E-state index in [0.29, 0.717) is 12.0 Å². The van der Waals surface area contributed by atoms with Crippen LogP contribution < -0.4 is 4.74 Å². The molecule has 3 heteroatoms. The summed E-state index contributed by atoms with van der Waals surface area (Å²) in [6.07, 6.45) is 11.7. The molecule has 3 atom stereocenters. The lowest BCUT2D eigenvalue weighted by atomic mass is 9.89. The summed E-state index contributed by atoms with van der Waals surface area (Å²) in [7, 11) is 1.68. The predicted octanol–water partition coefficient (Wildman–Crippen LogP) is 6.28. The molecule has 0 fully saturated rings. The van der Waals surface area contributed by atoms with Crippen LogP contribution in [-0.4, -0.2) is 24.7 Å². The van der Waals surface area contributed by atoms with Crippen LogP contribution in [-0.2, 0) is 0 Å². The number of nitrogens with zero attached hydrogens (tertiary/aromatic N) is 1. The van der Waals surface area contributed by atoms with Crippen LogP contribution in [0, 0.1) is 5.92 Å². The molecule has 0 spiro atoms. The molecular formula is C22H30ClNO. The van der Waals surface area contributed by atoms with Gasteiger partial charge in [0.2, 0.25) is 0 Å². The first-order valence-electron chi connectivity index (χ1n) is 9.22. The van der Waals surface area contributed by atoms with Crippen molar-refractivity contribution < 1.29 is 4.74 Å². The Labute approximate surface area is 157 Å².